The third-order valence-corrected chi connectivity index (χ3v) is 1.81. The van der Waals surface area contributed by atoms with Crippen LogP contribution in [-0.4, -0.2) is 29.7 Å². The highest BCUT2D eigenvalue weighted by Crippen LogP contribution is 1.96. The standard InChI is InChI=1S/C10H18N2O3/c1-3-5-7-11-10(15)12-8(6-4-2)9(13)14/h3,8H,1,4-7H2,2H3,(H,13,14)(H2,11,12,15). The smallest absolute Gasteiger partial charge is 0.326 e. The van der Waals surface area contributed by atoms with Crippen molar-refractivity contribution in [2.24, 2.45) is 0 Å². The van der Waals surface area contributed by atoms with E-state index in [4.69, 9.17) is 5.11 Å². The van der Waals surface area contributed by atoms with Crippen LogP contribution in [0.3, 0.4) is 0 Å². The van der Waals surface area contributed by atoms with Crippen LogP contribution < -0.4 is 10.6 Å². The third kappa shape index (κ3) is 6.54. The first-order valence-electron chi connectivity index (χ1n) is 4.99. The Labute approximate surface area is 89.6 Å². The predicted octanol–water partition coefficient (Wildman–Crippen LogP) is 1.11. The topological polar surface area (TPSA) is 78.4 Å². The van der Waals surface area contributed by atoms with Gasteiger partial charge in [0, 0.05) is 6.54 Å². The molecule has 5 nitrogen and oxygen atoms in total. The lowest BCUT2D eigenvalue weighted by Gasteiger charge is -2.13. The molecule has 0 aromatic rings. The fourth-order valence-corrected chi connectivity index (χ4v) is 1.04. The maximum Gasteiger partial charge on any atom is 0.326 e. The second kappa shape index (κ2) is 7.84. The minimum Gasteiger partial charge on any atom is -0.480 e. The van der Waals surface area contributed by atoms with E-state index >= 15 is 0 Å². The molecule has 0 heterocycles. The molecule has 0 saturated carbocycles. The molecule has 86 valence electrons. The number of hydrogen-bond acceptors (Lipinski definition) is 2. The third-order valence-electron chi connectivity index (χ3n) is 1.81. The maximum atomic E-state index is 11.2. The van der Waals surface area contributed by atoms with Crippen LogP contribution in [0.4, 0.5) is 4.79 Å². The molecule has 0 aromatic carbocycles. The van der Waals surface area contributed by atoms with Gasteiger partial charge < -0.3 is 15.7 Å². The van der Waals surface area contributed by atoms with Gasteiger partial charge in [0.15, 0.2) is 0 Å². The fourth-order valence-electron chi connectivity index (χ4n) is 1.04. The van der Waals surface area contributed by atoms with Crippen molar-refractivity contribution in [3.05, 3.63) is 12.7 Å². The minimum atomic E-state index is -1.00. The second-order valence-corrected chi connectivity index (χ2v) is 3.16. The number of carboxylic acids is 1. The summed E-state index contributed by atoms with van der Waals surface area (Å²) in [6.45, 7) is 5.84. The number of nitrogens with one attached hydrogen (secondary N) is 2. The molecule has 3 N–H and O–H groups in total. The number of carboxylic acid groups (broad SMARTS) is 1. The molecule has 0 fully saturated rings. The van der Waals surface area contributed by atoms with Crippen LogP contribution in [0.1, 0.15) is 26.2 Å². The van der Waals surface area contributed by atoms with Crippen LogP contribution >= 0.6 is 0 Å². The van der Waals surface area contributed by atoms with E-state index in [9.17, 15) is 9.59 Å². The van der Waals surface area contributed by atoms with E-state index in [0.29, 0.717) is 25.8 Å². The van der Waals surface area contributed by atoms with Crippen molar-refractivity contribution in [1.82, 2.24) is 10.6 Å². The molecule has 1 atom stereocenters. The summed E-state index contributed by atoms with van der Waals surface area (Å²) >= 11 is 0. The number of carbonyl (C=O) groups excluding carboxylic acids is 1. The lowest BCUT2D eigenvalue weighted by molar-refractivity contribution is -0.139. The Hall–Kier alpha value is -1.52. The maximum absolute atomic E-state index is 11.2. The van der Waals surface area contributed by atoms with Crippen LogP contribution in [0.25, 0.3) is 0 Å². The summed E-state index contributed by atoms with van der Waals surface area (Å²) in [5.41, 5.74) is 0. The van der Waals surface area contributed by atoms with Gasteiger partial charge in [0.1, 0.15) is 6.04 Å². The Kier molecular flexibility index (Phi) is 7.05. The first kappa shape index (κ1) is 13.5. The van der Waals surface area contributed by atoms with Gasteiger partial charge in [-0.3, -0.25) is 0 Å². The van der Waals surface area contributed by atoms with Crippen molar-refractivity contribution in [1.29, 1.82) is 0 Å². The first-order valence-corrected chi connectivity index (χ1v) is 4.99. The average Bonchev–Trinajstić information content (AvgIpc) is 2.17. The number of hydrogen-bond donors (Lipinski definition) is 3. The predicted molar refractivity (Wildman–Crippen MR) is 57.7 cm³/mol. The molecule has 0 aromatic heterocycles. The van der Waals surface area contributed by atoms with Crippen molar-refractivity contribution in [2.45, 2.75) is 32.2 Å². The summed E-state index contributed by atoms with van der Waals surface area (Å²) in [5, 5.41) is 13.7. The zero-order valence-electron chi connectivity index (χ0n) is 8.95. The van der Waals surface area contributed by atoms with E-state index in [1.54, 1.807) is 6.08 Å². The molecule has 0 bridgehead atoms. The van der Waals surface area contributed by atoms with Gasteiger partial charge in [-0.2, -0.15) is 0 Å². The molecule has 0 aliphatic heterocycles. The second-order valence-electron chi connectivity index (χ2n) is 3.16. The normalized spacial score (nSPS) is 11.5. The van der Waals surface area contributed by atoms with E-state index in [-0.39, 0.29) is 0 Å². The zero-order chi connectivity index (χ0) is 11.7. The Bertz CT molecular complexity index is 229. The van der Waals surface area contributed by atoms with E-state index in [1.165, 1.54) is 0 Å². The van der Waals surface area contributed by atoms with Crippen LogP contribution in [0.2, 0.25) is 0 Å². The fraction of sp³-hybridized carbons (Fsp3) is 0.600. The molecule has 5 heteroatoms. The molecule has 0 radical (unpaired) electrons. The Morgan fingerprint density at radius 2 is 2.20 bits per heavy atom. The van der Waals surface area contributed by atoms with Crippen LogP contribution in [0, 0.1) is 0 Å². The van der Waals surface area contributed by atoms with Gasteiger partial charge in [0.2, 0.25) is 0 Å². The van der Waals surface area contributed by atoms with Gasteiger partial charge in [0.25, 0.3) is 0 Å². The molecular formula is C10H18N2O3. The Balaban J connectivity index is 3.88. The van der Waals surface area contributed by atoms with Crippen molar-refractivity contribution < 1.29 is 14.7 Å². The van der Waals surface area contributed by atoms with Crippen LogP contribution in [-0.2, 0) is 4.79 Å². The average molecular weight is 214 g/mol. The SMILES string of the molecule is C=CCCNC(=O)NC(CCC)C(=O)O. The molecule has 2 amide bonds. The number of carbonyl (C=O) groups is 2. The Morgan fingerprint density at radius 1 is 1.53 bits per heavy atom. The Morgan fingerprint density at radius 3 is 2.67 bits per heavy atom. The van der Waals surface area contributed by atoms with Crippen molar-refractivity contribution in [2.75, 3.05) is 6.54 Å². The molecule has 15 heavy (non-hydrogen) atoms. The molecule has 0 aliphatic carbocycles. The highest BCUT2D eigenvalue weighted by molar-refractivity contribution is 5.82. The lowest BCUT2D eigenvalue weighted by Crippen LogP contribution is -2.46. The van der Waals surface area contributed by atoms with Crippen LogP contribution in [0.5, 0.6) is 0 Å². The van der Waals surface area contributed by atoms with Gasteiger partial charge in [-0.25, -0.2) is 9.59 Å². The highest BCUT2D eigenvalue weighted by atomic mass is 16.4. The monoisotopic (exact) mass is 214 g/mol. The summed E-state index contributed by atoms with van der Waals surface area (Å²) in [4.78, 5) is 21.9. The highest BCUT2D eigenvalue weighted by Gasteiger charge is 2.17. The summed E-state index contributed by atoms with van der Waals surface area (Å²) < 4.78 is 0. The number of amides is 2. The van der Waals surface area contributed by atoms with Gasteiger partial charge >= 0.3 is 12.0 Å². The quantitative estimate of drug-likeness (QED) is 0.439. The van der Waals surface area contributed by atoms with E-state index in [2.05, 4.69) is 17.2 Å². The largest absolute Gasteiger partial charge is 0.480 e. The van der Waals surface area contributed by atoms with Gasteiger partial charge in [0.05, 0.1) is 0 Å². The minimum absolute atomic E-state index is 0.435. The summed E-state index contributed by atoms with van der Waals surface area (Å²) in [5.74, 6) is -1.00. The van der Waals surface area contributed by atoms with E-state index < -0.39 is 18.0 Å². The number of aliphatic carboxylic acids is 1. The van der Waals surface area contributed by atoms with E-state index in [0.717, 1.165) is 0 Å². The molecule has 0 rings (SSSR count). The summed E-state index contributed by atoms with van der Waals surface area (Å²) in [6.07, 6.45) is 3.49. The number of rotatable bonds is 7. The first-order chi connectivity index (χ1) is 7.11. The molecular weight excluding hydrogens is 196 g/mol. The molecule has 0 saturated heterocycles. The van der Waals surface area contributed by atoms with Gasteiger partial charge in [-0.15, -0.1) is 6.58 Å². The van der Waals surface area contributed by atoms with E-state index in [1.807, 2.05) is 6.92 Å². The lowest BCUT2D eigenvalue weighted by atomic mass is 10.2. The number of urea groups is 1. The van der Waals surface area contributed by atoms with Gasteiger partial charge in [-0.1, -0.05) is 19.4 Å². The molecule has 0 spiro atoms. The molecule has 0 aliphatic rings. The van der Waals surface area contributed by atoms with Gasteiger partial charge in [-0.05, 0) is 12.8 Å². The van der Waals surface area contributed by atoms with Crippen LogP contribution in [0.15, 0.2) is 12.7 Å². The van der Waals surface area contributed by atoms with Crippen molar-refractivity contribution in [3.8, 4) is 0 Å². The molecule has 1 unspecified atom stereocenters. The van der Waals surface area contributed by atoms with Crippen molar-refractivity contribution >= 4 is 12.0 Å². The summed E-state index contributed by atoms with van der Waals surface area (Å²) in [7, 11) is 0. The van der Waals surface area contributed by atoms with Crippen molar-refractivity contribution in [3.63, 3.8) is 0 Å². The zero-order valence-corrected chi connectivity index (χ0v) is 8.95. The summed E-state index contributed by atoms with van der Waals surface area (Å²) in [6, 6.07) is -1.25.